The SMILES string of the molecule is COc1ccc(Nc2ncnc3cccc(C(=O)O)c23)cc1OC. The van der Waals surface area contributed by atoms with Crippen molar-refractivity contribution in [2.45, 2.75) is 0 Å². The standard InChI is InChI=1S/C17H15N3O4/c1-23-13-7-6-10(8-14(13)24-2)20-16-15-11(17(21)22)4-3-5-12(15)18-9-19-16/h3-9H,1-2H3,(H,21,22)(H,18,19,20). The first-order chi connectivity index (χ1) is 11.6. The fraction of sp³-hybridized carbons (Fsp3) is 0.118. The lowest BCUT2D eigenvalue weighted by atomic mass is 10.1. The minimum Gasteiger partial charge on any atom is -0.493 e. The molecule has 0 aliphatic carbocycles. The van der Waals surface area contributed by atoms with Crippen molar-refractivity contribution in [3.05, 3.63) is 48.3 Å². The molecule has 0 aliphatic rings. The monoisotopic (exact) mass is 325 g/mol. The molecule has 3 rings (SSSR count). The number of benzene rings is 2. The van der Waals surface area contributed by atoms with Gasteiger partial charge in [-0.25, -0.2) is 14.8 Å². The Balaban J connectivity index is 2.09. The highest BCUT2D eigenvalue weighted by Gasteiger charge is 2.14. The first-order valence-electron chi connectivity index (χ1n) is 7.10. The molecular formula is C17H15N3O4. The second-order valence-corrected chi connectivity index (χ2v) is 4.92. The van der Waals surface area contributed by atoms with Gasteiger partial charge in [0.25, 0.3) is 0 Å². The number of hydrogen-bond acceptors (Lipinski definition) is 6. The summed E-state index contributed by atoms with van der Waals surface area (Å²) in [5.74, 6) is 0.525. The third-order valence-electron chi connectivity index (χ3n) is 3.54. The highest BCUT2D eigenvalue weighted by atomic mass is 16.5. The maximum atomic E-state index is 11.5. The molecule has 3 aromatic rings. The van der Waals surface area contributed by atoms with Gasteiger partial charge in [0.2, 0.25) is 0 Å². The van der Waals surface area contributed by atoms with Crippen LogP contribution in [0.15, 0.2) is 42.7 Å². The third kappa shape index (κ3) is 2.79. The lowest BCUT2D eigenvalue weighted by Crippen LogP contribution is -2.03. The second kappa shape index (κ2) is 6.41. The molecule has 24 heavy (non-hydrogen) atoms. The molecule has 0 saturated heterocycles. The number of fused-ring (bicyclic) bond motifs is 1. The number of carboxylic acid groups (broad SMARTS) is 1. The maximum absolute atomic E-state index is 11.5. The van der Waals surface area contributed by atoms with Gasteiger partial charge in [0.1, 0.15) is 12.1 Å². The number of ether oxygens (including phenoxy) is 2. The molecule has 2 N–H and O–H groups in total. The maximum Gasteiger partial charge on any atom is 0.336 e. The number of rotatable bonds is 5. The second-order valence-electron chi connectivity index (χ2n) is 4.92. The van der Waals surface area contributed by atoms with Crippen LogP contribution in [-0.2, 0) is 0 Å². The smallest absolute Gasteiger partial charge is 0.336 e. The Morgan fingerprint density at radius 2 is 1.88 bits per heavy atom. The number of hydrogen-bond donors (Lipinski definition) is 2. The molecule has 0 unspecified atom stereocenters. The van der Waals surface area contributed by atoms with Gasteiger partial charge in [-0.1, -0.05) is 6.07 Å². The number of carboxylic acids is 1. The van der Waals surface area contributed by atoms with Crippen LogP contribution in [0.4, 0.5) is 11.5 Å². The summed E-state index contributed by atoms with van der Waals surface area (Å²) in [5, 5.41) is 13.0. The molecule has 0 saturated carbocycles. The fourth-order valence-electron chi connectivity index (χ4n) is 2.43. The quantitative estimate of drug-likeness (QED) is 0.744. The van der Waals surface area contributed by atoms with Crippen molar-refractivity contribution in [1.29, 1.82) is 0 Å². The topological polar surface area (TPSA) is 93.6 Å². The van der Waals surface area contributed by atoms with Crippen molar-refractivity contribution in [1.82, 2.24) is 9.97 Å². The zero-order valence-corrected chi connectivity index (χ0v) is 13.1. The van der Waals surface area contributed by atoms with Gasteiger partial charge in [0.05, 0.1) is 30.7 Å². The van der Waals surface area contributed by atoms with Crippen molar-refractivity contribution < 1.29 is 19.4 Å². The van der Waals surface area contributed by atoms with E-state index in [-0.39, 0.29) is 5.56 Å². The predicted octanol–water partition coefficient (Wildman–Crippen LogP) is 3.09. The molecule has 2 aromatic carbocycles. The van der Waals surface area contributed by atoms with Crippen molar-refractivity contribution in [3.63, 3.8) is 0 Å². The Kier molecular flexibility index (Phi) is 4.15. The van der Waals surface area contributed by atoms with Crippen molar-refractivity contribution >= 4 is 28.4 Å². The van der Waals surface area contributed by atoms with Crippen molar-refractivity contribution in [3.8, 4) is 11.5 Å². The van der Waals surface area contributed by atoms with Crippen molar-refractivity contribution in [2.75, 3.05) is 19.5 Å². The number of anilines is 2. The molecule has 1 heterocycles. The molecule has 0 aliphatic heterocycles. The van der Waals surface area contributed by atoms with E-state index in [4.69, 9.17) is 9.47 Å². The average Bonchev–Trinajstić information content (AvgIpc) is 2.61. The molecule has 0 radical (unpaired) electrons. The number of carbonyl (C=O) groups is 1. The molecule has 122 valence electrons. The van der Waals surface area contributed by atoms with E-state index in [1.54, 1.807) is 44.6 Å². The summed E-state index contributed by atoms with van der Waals surface area (Å²) in [6.45, 7) is 0. The van der Waals surface area contributed by atoms with Crippen LogP contribution in [0.1, 0.15) is 10.4 Å². The van der Waals surface area contributed by atoms with Gasteiger partial charge >= 0.3 is 5.97 Å². The molecule has 0 fully saturated rings. The van der Waals surface area contributed by atoms with Crippen LogP contribution < -0.4 is 14.8 Å². The van der Waals surface area contributed by atoms with E-state index in [0.29, 0.717) is 33.9 Å². The summed E-state index contributed by atoms with van der Waals surface area (Å²) in [4.78, 5) is 19.8. The van der Waals surface area contributed by atoms with Crippen LogP contribution in [0.5, 0.6) is 11.5 Å². The van der Waals surface area contributed by atoms with Gasteiger partial charge < -0.3 is 19.9 Å². The Hall–Kier alpha value is -3.35. The Morgan fingerprint density at radius 3 is 2.58 bits per heavy atom. The third-order valence-corrected chi connectivity index (χ3v) is 3.54. The Labute approximate surface area is 137 Å². The lowest BCUT2D eigenvalue weighted by molar-refractivity contribution is 0.0699. The molecule has 0 spiro atoms. The van der Waals surface area contributed by atoms with E-state index in [0.717, 1.165) is 0 Å². The Morgan fingerprint density at radius 1 is 1.08 bits per heavy atom. The van der Waals surface area contributed by atoms with Gasteiger partial charge in [0.15, 0.2) is 11.5 Å². The van der Waals surface area contributed by atoms with Crippen LogP contribution in [0.2, 0.25) is 0 Å². The van der Waals surface area contributed by atoms with Crippen LogP contribution >= 0.6 is 0 Å². The summed E-state index contributed by atoms with van der Waals surface area (Å²) < 4.78 is 10.5. The first kappa shape index (κ1) is 15.5. The zero-order chi connectivity index (χ0) is 17.1. The van der Waals surface area contributed by atoms with Crippen molar-refractivity contribution in [2.24, 2.45) is 0 Å². The van der Waals surface area contributed by atoms with Crippen LogP contribution in [0.3, 0.4) is 0 Å². The van der Waals surface area contributed by atoms with Gasteiger partial charge in [0, 0.05) is 11.8 Å². The zero-order valence-electron chi connectivity index (χ0n) is 13.1. The number of aromatic carboxylic acids is 1. The first-order valence-corrected chi connectivity index (χ1v) is 7.10. The summed E-state index contributed by atoms with van der Waals surface area (Å²) in [6.07, 6.45) is 1.39. The summed E-state index contributed by atoms with van der Waals surface area (Å²) in [5.41, 5.74) is 1.37. The molecule has 1 aromatic heterocycles. The van der Waals surface area contributed by atoms with E-state index >= 15 is 0 Å². The van der Waals surface area contributed by atoms with E-state index in [1.165, 1.54) is 12.4 Å². The highest BCUT2D eigenvalue weighted by Crippen LogP contribution is 2.32. The van der Waals surface area contributed by atoms with Crippen LogP contribution in [0.25, 0.3) is 10.9 Å². The summed E-state index contributed by atoms with van der Waals surface area (Å²) in [6, 6.07) is 10.2. The Bertz CT molecular complexity index is 906. The van der Waals surface area contributed by atoms with E-state index < -0.39 is 5.97 Å². The van der Waals surface area contributed by atoms with Crippen LogP contribution in [0, 0.1) is 0 Å². The number of nitrogens with zero attached hydrogens (tertiary/aromatic N) is 2. The fourth-order valence-corrected chi connectivity index (χ4v) is 2.43. The molecule has 7 heteroatoms. The molecule has 7 nitrogen and oxygen atoms in total. The van der Waals surface area contributed by atoms with Gasteiger partial charge in [-0.15, -0.1) is 0 Å². The predicted molar refractivity (Wildman–Crippen MR) is 89.3 cm³/mol. The van der Waals surface area contributed by atoms with E-state index in [2.05, 4.69) is 15.3 Å². The van der Waals surface area contributed by atoms with Gasteiger partial charge in [-0.2, -0.15) is 0 Å². The normalized spacial score (nSPS) is 10.4. The van der Waals surface area contributed by atoms with Gasteiger partial charge in [-0.05, 0) is 24.3 Å². The molecule has 0 atom stereocenters. The lowest BCUT2D eigenvalue weighted by Gasteiger charge is -2.12. The van der Waals surface area contributed by atoms with E-state index in [1.807, 2.05) is 0 Å². The molecular weight excluding hydrogens is 310 g/mol. The minimum atomic E-state index is -1.04. The molecule has 0 bridgehead atoms. The van der Waals surface area contributed by atoms with Crippen LogP contribution in [-0.4, -0.2) is 35.3 Å². The number of methoxy groups -OCH3 is 2. The molecule has 0 amide bonds. The average molecular weight is 325 g/mol. The highest BCUT2D eigenvalue weighted by molar-refractivity contribution is 6.07. The van der Waals surface area contributed by atoms with Gasteiger partial charge in [-0.3, -0.25) is 0 Å². The summed E-state index contributed by atoms with van der Waals surface area (Å²) in [7, 11) is 3.10. The minimum absolute atomic E-state index is 0.135. The summed E-state index contributed by atoms with van der Waals surface area (Å²) >= 11 is 0. The largest absolute Gasteiger partial charge is 0.493 e. The number of nitrogens with one attached hydrogen (secondary N) is 1. The van der Waals surface area contributed by atoms with E-state index in [9.17, 15) is 9.90 Å². The number of aromatic nitrogens is 2.